The van der Waals surface area contributed by atoms with E-state index in [1.54, 1.807) is 0 Å². The third-order valence-corrected chi connectivity index (χ3v) is 3.23. The van der Waals surface area contributed by atoms with Crippen molar-refractivity contribution in [2.45, 2.75) is 18.9 Å². The van der Waals surface area contributed by atoms with Crippen LogP contribution in [-0.4, -0.2) is 37.0 Å². The fourth-order valence-electron chi connectivity index (χ4n) is 2.09. The summed E-state index contributed by atoms with van der Waals surface area (Å²) in [6, 6.07) is 2.94. The fraction of sp³-hybridized carbons (Fsp3) is 0.462. The van der Waals surface area contributed by atoms with Gasteiger partial charge in [-0.1, -0.05) is 0 Å². The predicted molar refractivity (Wildman–Crippen MR) is 64.3 cm³/mol. The molecule has 98 valence electrons. The molecule has 0 aromatic heterocycles. The van der Waals surface area contributed by atoms with Gasteiger partial charge in [0.15, 0.2) is 0 Å². The SMILES string of the molecule is CN1CCC(NC(=O)c2cc(F)ccc2F)CC1. The van der Waals surface area contributed by atoms with Crippen LogP contribution in [-0.2, 0) is 0 Å². The van der Waals surface area contributed by atoms with Crippen LogP contribution in [0.5, 0.6) is 0 Å². The van der Waals surface area contributed by atoms with E-state index in [2.05, 4.69) is 10.2 Å². The van der Waals surface area contributed by atoms with Crippen molar-refractivity contribution in [2.75, 3.05) is 20.1 Å². The summed E-state index contributed by atoms with van der Waals surface area (Å²) in [6.07, 6.45) is 1.67. The van der Waals surface area contributed by atoms with Crippen LogP contribution in [0.2, 0.25) is 0 Å². The van der Waals surface area contributed by atoms with Crippen LogP contribution in [0.1, 0.15) is 23.2 Å². The number of hydrogen-bond acceptors (Lipinski definition) is 2. The lowest BCUT2D eigenvalue weighted by atomic mass is 10.0. The number of nitrogens with one attached hydrogen (secondary N) is 1. The molecule has 1 saturated heterocycles. The normalized spacial score (nSPS) is 17.7. The number of carbonyl (C=O) groups is 1. The smallest absolute Gasteiger partial charge is 0.254 e. The molecule has 0 atom stereocenters. The van der Waals surface area contributed by atoms with E-state index in [0.717, 1.165) is 44.1 Å². The fourth-order valence-corrected chi connectivity index (χ4v) is 2.09. The second-order valence-electron chi connectivity index (χ2n) is 4.68. The Bertz CT molecular complexity index is 443. The van der Waals surface area contributed by atoms with Crippen LogP contribution in [0.15, 0.2) is 18.2 Å². The molecule has 3 nitrogen and oxygen atoms in total. The highest BCUT2D eigenvalue weighted by molar-refractivity contribution is 5.94. The molecule has 1 N–H and O–H groups in total. The van der Waals surface area contributed by atoms with Crippen molar-refractivity contribution in [3.63, 3.8) is 0 Å². The van der Waals surface area contributed by atoms with Crippen LogP contribution in [0.4, 0.5) is 8.78 Å². The molecule has 18 heavy (non-hydrogen) atoms. The Morgan fingerprint density at radius 1 is 1.33 bits per heavy atom. The van der Waals surface area contributed by atoms with Crippen LogP contribution in [0, 0.1) is 11.6 Å². The summed E-state index contributed by atoms with van der Waals surface area (Å²) in [5.41, 5.74) is -0.228. The molecule has 0 saturated carbocycles. The minimum atomic E-state index is -0.693. The standard InChI is InChI=1S/C13H16F2N2O/c1-17-6-4-10(5-7-17)16-13(18)11-8-9(14)2-3-12(11)15/h2-3,8,10H,4-7H2,1H3,(H,16,18). The van der Waals surface area contributed by atoms with Gasteiger partial charge in [0.2, 0.25) is 0 Å². The van der Waals surface area contributed by atoms with Crippen LogP contribution < -0.4 is 5.32 Å². The lowest BCUT2D eigenvalue weighted by Gasteiger charge is -2.29. The zero-order valence-electron chi connectivity index (χ0n) is 10.2. The summed E-state index contributed by atoms with van der Waals surface area (Å²) < 4.78 is 26.4. The van der Waals surface area contributed by atoms with Gasteiger partial charge in [-0.05, 0) is 51.2 Å². The third kappa shape index (κ3) is 3.04. The molecule has 1 fully saturated rings. The van der Waals surface area contributed by atoms with Gasteiger partial charge >= 0.3 is 0 Å². The summed E-state index contributed by atoms with van der Waals surface area (Å²) in [4.78, 5) is 14.0. The number of rotatable bonds is 2. The van der Waals surface area contributed by atoms with Crippen molar-refractivity contribution in [1.29, 1.82) is 0 Å². The molecular weight excluding hydrogens is 238 g/mol. The van der Waals surface area contributed by atoms with Gasteiger partial charge in [0, 0.05) is 6.04 Å². The number of likely N-dealkylation sites (tertiary alicyclic amines) is 1. The maximum Gasteiger partial charge on any atom is 0.254 e. The Labute approximate surface area is 105 Å². The maximum atomic E-state index is 13.4. The quantitative estimate of drug-likeness (QED) is 0.872. The largest absolute Gasteiger partial charge is 0.349 e. The van der Waals surface area contributed by atoms with Gasteiger partial charge in [-0.3, -0.25) is 4.79 Å². The minimum absolute atomic E-state index is 0.0383. The lowest BCUT2D eigenvalue weighted by molar-refractivity contribution is 0.0912. The molecule has 2 rings (SSSR count). The average Bonchev–Trinajstić information content (AvgIpc) is 2.35. The molecule has 0 unspecified atom stereocenters. The van der Waals surface area contributed by atoms with Crippen LogP contribution in [0.3, 0.4) is 0 Å². The van der Waals surface area contributed by atoms with Crippen molar-refractivity contribution in [3.8, 4) is 0 Å². The summed E-state index contributed by atoms with van der Waals surface area (Å²) in [6.45, 7) is 1.80. The van der Waals surface area contributed by atoms with Gasteiger partial charge in [-0.15, -0.1) is 0 Å². The van der Waals surface area contributed by atoms with Gasteiger partial charge in [-0.2, -0.15) is 0 Å². The van der Waals surface area contributed by atoms with Crippen molar-refractivity contribution >= 4 is 5.91 Å². The second kappa shape index (κ2) is 5.44. The zero-order chi connectivity index (χ0) is 13.1. The second-order valence-corrected chi connectivity index (χ2v) is 4.68. The first kappa shape index (κ1) is 13.0. The Morgan fingerprint density at radius 3 is 2.67 bits per heavy atom. The highest BCUT2D eigenvalue weighted by Gasteiger charge is 2.20. The molecule has 1 aromatic carbocycles. The van der Waals surface area contributed by atoms with E-state index in [1.807, 2.05) is 7.05 Å². The third-order valence-electron chi connectivity index (χ3n) is 3.23. The van der Waals surface area contributed by atoms with E-state index in [0.29, 0.717) is 0 Å². The highest BCUT2D eigenvalue weighted by Crippen LogP contribution is 2.12. The van der Waals surface area contributed by atoms with E-state index in [-0.39, 0.29) is 11.6 Å². The Kier molecular flexibility index (Phi) is 3.91. The number of amides is 1. The Morgan fingerprint density at radius 2 is 2.00 bits per heavy atom. The molecule has 0 aliphatic carbocycles. The average molecular weight is 254 g/mol. The van der Waals surface area contributed by atoms with E-state index in [9.17, 15) is 13.6 Å². The van der Waals surface area contributed by atoms with Crippen molar-refractivity contribution in [2.24, 2.45) is 0 Å². The van der Waals surface area contributed by atoms with Crippen LogP contribution >= 0.6 is 0 Å². The maximum absolute atomic E-state index is 13.4. The molecule has 0 radical (unpaired) electrons. The van der Waals surface area contributed by atoms with E-state index < -0.39 is 17.5 Å². The highest BCUT2D eigenvalue weighted by atomic mass is 19.1. The molecule has 0 bridgehead atoms. The first-order chi connectivity index (χ1) is 8.56. The summed E-state index contributed by atoms with van der Waals surface area (Å²) in [5, 5.41) is 2.75. The first-order valence-electron chi connectivity index (χ1n) is 6.00. The van der Waals surface area contributed by atoms with Gasteiger partial charge in [0.05, 0.1) is 5.56 Å². The number of nitrogens with zero attached hydrogens (tertiary/aromatic N) is 1. The number of piperidine rings is 1. The van der Waals surface area contributed by atoms with Crippen molar-refractivity contribution in [1.82, 2.24) is 10.2 Å². The number of carbonyl (C=O) groups excluding carboxylic acids is 1. The minimum Gasteiger partial charge on any atom is -0.349 e. The topological polar surface area (TPSA) is 32.3 Å². The van der Waals surface area contributed by atoms with Gasteiger partial charge in [0.25, 0.3) is 5.91 Å². The summed E-state index contributed by atoms with van der Waals surface area (Å²) in [7, 11) is 2.02. The number of benzene rings is 1. The molecular formula is C13H16F2N2O. The van der Waals surface area contributed by atoms with Gasteiger partial charge in [-0.25, -0.2) is 8.78 Å². The first-order valence-corrected chi connectivity index (χ1v) is 6.00. The zero-order valence-corrected chi connectivity index (χ0v) is 10.2. The predicted octanol–water partition coefficient (Wildman–Crippen LogP) is 1.79. The molecule has 1 aliphatic heterocycles. The van der Waals surface area contributed by atoms with Crippen molar-refractivity contribution < 1.29 is 13.6 Å². The molecule has 0 spiro atoms. The molecule has 1 aliphatic rings. The number of hydrogen-bond donors (Lipinski definition) is 1. The van der Waals surface area contributed by atoms with Gasteiger partial charge < -0.3 is 10.2 Å². The van der Waals surface area contributed by atoms with E-state index in [1.165, 1.54) is 0 Å². The van der Waals surface area contributed by atoms with Crippen LogP contribution in [0.25, 0.3) is 0 Å². The van der Waals surface area contributed by atoms with E-state index >= 15 is 0 Å². The van der Waals surface area contributed by atoms with E-state index in [4.69, 9.17) is 0 Å². The summed E-state index contributed by atoms with van der Waals surface area (Å²) >= 11 is 0. The lowest BCUT2D eigenvalue weighted by Crippen LogP contribution is -2.43. The number of halogens is 2. The monoisotopic (exact) mass is 254 g/mol. The molecule has 5 heteroatoms. The summed E-state index contributed by atoms with van der Waals surface area (Å²) in [5.74, 6) is -1.84. The van der Waals surface area contributed by atoms with Crippen molar-refractivity contribution in [3.05, 3.63) is 35.4 Å². The molecule has 1 heterocycles. The van der Waals surface area contributed by atoms with Gasteiger partial charge in [0.1, 0.15) is 11.6 Å². The Balaban J connectivity index is 2.01. The molecule has 1 amide bonds. The molecule has 1 aromatic rings. The Hall–Kier alpha value is -1.49.